The minimum Gasteiger partial charge on any atom is -0.487 e. The Morgan fingerprint density at radius 2 is 2.07 bits per heavy atom. The van der Waals surface area contributed by atoms with Gasteiger partial charge in [0.2, 0.25) is 0 Å². The molecule has 28 heavy (non-hydrogen) atoms. The monoisotopic (exact) mass is 376 g/mol. The van der Waals surface area contributed by atoms with Crippen molar-refractivity contribution in [1.29, 1.82) is 0 Å². The maximum atomic E-state index is 12.5. The van der Waals surface area contributed by atoms with Crippen LogP contribution < -0.4 is 15.0 Å². The number of carbonyl (C=O) groups is 1. The second kappa shape index (κ2) is 7.23. The van der Waals surface area contributed by atoms with Gasteiger partial charge in [0.05, 0.1) is 23.0 Å². The summed E-state index contributed by atoms with van der Waals surface area (Å²) in [6, 6.07) is 14.5. The van der Waals surface area contributed by atoms with Crippen molar-refractivity contribution < 1.29 is 14.3 Å². The highest BCUT2D eigenvalue weighted by Gasteiger charge is 2.33. The van der Waals surface area contributed by atoms with Gasteiger partial charge in [-0.25, -0.2) is 4.79 Å². The predicted octanol–water partition coefficient (Wildman–Crippen LogP) is 4.03. The molecule has 0 amide bonds. The fraction of sp³-hybridized carbons (Fsp3) is 0.348. The van der Waals surface area contributed by atoms with E-state index in [1.54, 1.807) is 6.20 Å². The predicted molar refractivity (Wildman–Crippen MR) is 109 cm³/mol. The minimum atomic E-state index is -0.281. The molecule has 5 rings (SSSR count). The molecule has 0 aliphatic carbocycles. The molecule has 1 N–H and O–H groups in total. The number of hydrogen-bond acceptors (Lipinski definition) is 5. The van der Waals surface area contributed by atoms with E-state index in [0.717, 1.165) is 35.7 Å². The zero-order valence-corrected chi connectivity index (χ0v) is 15.8. The molecule has 1 unspecified atom stereocenters. The number of piperidine rings is 1. The Hall–Kier alpha value is -2.95. The van der Waals surface area contributed by atoms with Crippen molar-refractivity contribution in [2.75, 3.05) is 23.4 Å². The summed E-state index contributed by atoms with van der Waals surface area (Å²) in [4.78, 5) is 15.0. The normalized spacial score (nSPS) is 19.9. The summed E-state index contributed by atoms with van der Waals surface area (Å²) in [6.45, 7) is 2.11. The van der Waals surface area contributed by atoms with Crippen molar-refractivity contribution >= 4 is 17.3 Å². The van der Waals surface area contributed by atoms with Crippen molar-refractivity contribution in [1.82, 2.24) is 0 Å². The van der Waals surface area contributed by atoms with Crippen LogP contribution in [0.2, 0.25) is 0 Å². The number of carbonyl (C=O) groups excluding carboxylic acids is 1. The number of hydrogen-bond donors (Lipinski definition) is 1. The van der Waals surface area contributed by atoms with Crippen LogP contribution in [0.5, 0.6) is 5.75 Å². The van der Waals surface area contributed by atoms with Gasteiger partial charge in [-0.2, -0.15) is 0 Å². The van der Waals surface area contributed by atoms with Crippen molar-refractivity contribution in [2.45, 2.75) is 38.3 Å². The van der Waals surface area contributed by atoms with Gasteiger partial charge in [0.25, 0.3) is 0 Å². The molecular weight excluding hydrogens is 352 g/mol. The van der Waals surface area contributed by atoms with E-state index >= 15 is 0 Å². The van der Waals surface area contributed by atoms with Gasteiger partial charge in [-0.1, -0.05) is 36.4 Å². The van der Waals surface area contributed by atoms with Gasteiger partial charge in [-0.15, -0.1) is 0 Å². The summed E-state index contributed by atoms with van der Waals surface area (Å²) < 4.78 is 11.6. The van der Waals surface area contributed by atoms with Crippen LogP contribution in [0.15, 0.2) is 54.2 Å². The summed E-state index contributed by atoms with van der Waals surface area (Å²) >= 11 is 0. The van der Waals surface area contributed by atoms with E-state index in [2.05, 4.69) is 22.3 Å². The molecule has 0 bridgehead atoms. The van der Waals surface area contributed by atoms with Crippen LogP contribution in [-0.4, -0.2) is 25.2 Å². The number of anilines is 2. The molecule has 144 valence electrons. The Morgan fingerprint density at radius 3 is 2.96 bits per heavy atom. The van der Waals surface area contributed by atoms with Gasteiger partial charge in [0.1, 0.15) is 13.2 Å². The van der Waals surface area contributed by atoms with Crippen molar-refractivity contribution in [3.63, 3.8) is 0 Å². The van der Waals surface area contributed by atoms with Crippen LogP contribution in [0.25, 0.3) is 0 Å². The van der Waals surface area contributed by atoms with E-state index in [0.29, 0.717) is 18.0 Å². The van der Waals surface area contributed by atoms with Crippen molar-refractivity contribution in [2.24, 2.45) is 0 Å². The van der Waals surface area contributed by atoms with Gasteiger partial charge in [0, 0.05) is 19.2 Å². The minimum absolute atomic E-state index is 0.281. The van der Waals surface area contributed by atoms with Crippen LogP contribution in [-0.2, 0) is 22.6 Å². The third-order valence-corrected chi connectivity index (χ3v) is 5.83. The van der Waals surface area contributed by atoms with Crippen LogP contribution in [0.3, 0.4) is 0 Å². The lowest BCUT2D eigenvalue weighted by molar-refractivity contribution is -0.140. The van der Waals surface area contributed by atoms with E-state index in [1.807, 2.05) is 30.3 Å². The molecule has 1 atom stereocenters. The second-order valence-corrected chi connectivity index (χ2v) is 7.65. The molecule has 0 spiro atoms. The number of esters is 1. The summed E-state index contributed by atoms with van der Waals surface area (Å²) in [6.07, 6.45) is 6.02. The first-order valence-corrected chi connectivity index (χ1v) is 10.0. The van der Waals surface area contributed by atoms with Gasteiger partial charge < -0.3 is 19.7 Å². The number of nitrogens with zero attached hydrogens (tertiary/aromatic N) is 1. The van der Waals surface area contributed by atoms with Crippen LogP contribution in [0.1, 0.15) is 30.4 Å². The Balaban J connectivity index is 1.32. The summed E-state index contributed by atoms with van der Waals surface area (Å²) in [5, 5.41) is 3.30. The van der Waals surface area contributed by atoms with Crippen molar-refractivity contribution in [3.8, 4) is 5.75 Å². The number of nitrogens with one attached hydrogen (secondary N) is 1. The summed E-state index contributed by atoms with van der Waals surface area (Å²) in [5.41, 5.74) is 4.85. The summed E-state index contributed by atoms with van der Waals surface area (Å²) in [5.74, 6) is 0.639. The van der Waals surface area contributed by atoms with E-state index in [4.69, 9.17) is 9.47 Å². The molecule has 2 aromatic rings. The molecule has 2 aromatic carbocycles. The van der Waals surface area contributed by atoms with Gasteiger partial charge in [0.15, 0.2) is 5.75 Å². The van der Waals surface area contributed by atoms with Crippen LogP contribution >= 0.6 is 0 Å². The maximum Gasteiger partial charge on any atom is 0.336 e. The number of benzene rings is 2. The Morgan fingerprint density at radius 1 is 1.18 bits per heavy atom. The lowest BCUT2D eigenvalue weighted by atomic mass is 9.95. The van der Waals surface area contributed by atoms with Crippen LogP contribution in [0.4, 0.5) is 11.4 Å². The van der Waals surface area contributed by atoms with E-state index in [1.165, 1.54) is 24.9 Å². The molecule has 1 saturated heterocycles. The highest BCUT2D eigenvalue weighted by molar-refractivity contribution is 5.92. The molecule has 3 aliphatic rings. The Bertz CT molecular complexity index is 923. The quantitative estimate of drug-likeness (QED) is 0.820. The molecule has 1 fully saturated rings. The second-order valence-electron chi connectivity index (χ2n) is 7.65. The zero-order valence-electron chi connectivity index (χ0n) is 15.8. The molecule has 3 heterocycles. The smallest absolute Gasteiger partial charge is 0.336 e. The zero-order chi connectivity index (χ0) is 18.9. The number of fused-ring (bicyclic) bond motifs is 5. The van der Waals surface area contributed by atoms with E-state index in [9.17, 15) is 4.79 Å². The third-order valence-electron chi connectivity index (χ3n) is 5.83. The molecule has 0 saturated carbocycles. The van der Waals surface area contributed by atoms with Gasteiger partial charge >= 0.3 is 5.97 Å². The molecule has 0 aromatic heterocycles. The van der Waals surface area contributed by atoms with E-state index < -0.39 is 0 Å². The molecule has 3 aliphatic heterocycles. The lowest BCUT2D eigenvalue weighted by Gasteiger charge is -2.42. The topological polar surface area (TPSA) is 50.8 Å². The Labute approximate surface area is 164 Å². The van der Waals surface area contributed by atoms with Crippen molar-refractivity contribution in [3.05, 3.63) is 65.4 Å². The molecule has 5 nitrogen and oxygen atoms in total. The SMILES string of the molecule is O=C(OCc1ccccc1)C1=CNc2c(ccc3c2OCC2CCCCN32)C1. The largest absolute Gasteiger partial charge is 0.487 e. The fourth-order valence-electron chi connectivity index (χ4n) is 4.32. The standard InChI is InChI=1S/C23H24N2O3/c26-23(28-14-16-6-2-1-3-7-16)18-12-17-9-10-20-22(21(17)24-13-18)27-15-19-8-4-5-11-25(19)20/h1-3,6-7,9-10,13,19,24H,4-5,8,11-12,14-15H2. The maximum absolute atomic E-state index is 12.5. The molecular formula is C23H24N2O3. The Kier molecular flexibility index (Phi) is 4.43. The summed E-state index contributed by atoms with van der Waals surface area (Å²) in [7, 11) is 0. The highest BCUT2D eigenvalue weighted by Crippen LogP contribution is 2.45. The van der Waals surface area contributed by atoms with E-state index in [-0.39, 0.29) is 12.6 Å². The fourth-order valence-corrected chi connectivity index (χ4v) is 4.32. The first-order valence-electron chi connectivity index (χ1n) is 10.0. The van der Waals surface area contributed by atoms with Gasteiger partial charge in [-0.05, 0) is 36.5 Å². The average molecular weight is 376 g/mol. The molecule has 5 heteroatoms. The number of rotatable bonds is 3. The molecule has 0 radical (unpaired) electrons. The highest BCUT2D eigenvalue weighted by atomic mass is 16.5. The first kappa shape index (κ1) is 17.2. The average Bonchev–Trinajstić information content (AvgIpc) is 2.77. The number of ether oxygens (including phenoxy) is 2. The van der Waals surface area contributed by atoms with Gasteiger partial charge in [-0.3, -0.25) is 0 Å². The van der Waals surface area contributed by atoms with Crippen LogP contribution in [0, 0.1) is 0 Å². The first-order chi connectivity index (χ1) is 13.8. The third kappa shape index (κ3) is 3.11. The lowest BCUT2D eigenvalue weighted by Crippen LogP contribution is -2.46.